The van der Waals surface area contributed by atoms with Gasteiger partial charge in [-0.2, -0.15) is 0 Å². The Kier molecular flexibility index (Phi) is 2.44. The molecule has 1 N–H and O–H groups in total. The predicted octanol–water partition coefficient (Wildman–Crippen LogP) is 2.17. The molecule has 0 saturated heterocycles. The van der Waals surface area contributed by atoms with Crippen LogP contribution in [0.5, 0.6) is 0 Å². The molecule has 4 nitrogen and oxygen atoms in total. The normalized spacial score (nSPS) is 10.1. The smallest absolute Gasteiger partial charge is 0.148 e. The summed E-state index contributed by atoms with van der Waals surface area (Å²) in [7, 11) is 0. The SMILES string of the molecule is CCNc1ccc(-c2ccoc2)nn1. The summed E-state index contributed by atoms with van der Waals surface area (Å²) >= 11 is 0. The Labute approximate surface area is 82.0 Å². The fourth-order valence-electron chi connectivity index (χ4n) is 1.17. The molecule has 0 aromatic carbocycles. The van der Waals surface area contributed by atoms with Crippen LogP contribution in [0.15, 0.2) is 35.1 Å². The van der Waals surface area contributed by atoms with E-state index >= 15 is 0 Å². The summed E-state index contributed by atoms with van der Waals surface area (Å²) in [4.78, 5) is 0. The fraction of sp³-hybridized carbons (Fsp3) is 0.200. The van der Waals surface area contributed by atoms with Crippen molar-refractivity contribution in [3.63, 3.8) is 0 Å². The second-order valence-corrected chi connectivity index (χ2v) is 2.85. The molecule has 0 fully saturated rings. The standard InChI is InChI=1S/C10H11N3O/c1-2-11-10-4-3-9(12-13-10)8-5-6-14-7-8/h3-7H,2H2,1H3,(H,11,13). The van der Waals surface area contributed by atoms with Crippen molar-refractivity contribution in [2.24, 2.45) is 0 Å². The lowest BCUT2D eigenvalue weighted by Gasteiger charge is -2.00. The Morgan fingerprint density at radius 3 is 2.79 bits per heavy atom. The topological polar surface area (TPSA) is 51.0 Å². The van der Waals surface area contributed by atoms with Gasteiger partial charge in [-0.05, 0) is 25.1 Å². The third-order valence-corrected chi connectivity index (χ3v) is 1.84. The minimum absolute atomic E-state index is 0.791. The molecule has 0 bridgehead atoms. The van der Waals surface area contributed by atoms with Crippen molar-refractivity contribution in [3.05, 3.63) is 30.7 Å². The molecule has 4 heteroatoms. The van der Waals surface area contributed by atoms with E-state index < -0.39 is 0 Å². The van der Waals surface area contributed by atoms with Crippen LogP contribution in [0.4, 0.5) is 5.82 Å². The Morgan fingerprint density at radius 2 is 2.21 bits per heavy atom. The molecule has 72 valence electrons. The van der Waals surface area contributed by atoms with Gasteiger partial charge in [0.15, 0.2) is 0 Å². The summed E-state index contributed by atoms with van der Waals surface area (Å²) in [6.45, 7) is 2.87. The highest BCUT2D eigenvalue weighted by Crippen LogP contribution is 2.16. The van der Waals surface area contributed by atoms with E-state index in [1.807, 2.05) is 25.1 Å². The zero-order chi connectivity index (χ0) is 9.80. The van der Waals surface area contributed by atoms with Crippen molar-refractivity contribution in [1.29, 1.82) is 0 Å². The molecule has 0 aliphatic carbocycles. The summed E-state index contributed by atoms with van der Waals surface area (Å²) in [5.74, 6) is 0.791. The maximum absolute atomic E-state index is 4.96. The first-order valence-electron chi connectivity index (χ1n) is 4.50. The number of aromatic nitrogens is 2. The minimum atomic E-state index is 0.791. The van der Waals surface area contributed by atoms with Crippen LogP contribution in [0.3, 0.4) is 0 Å². The van der Waals surface area contributed by atoms with Crippen LogP contribution in [-0.4, -0.2) is 16.7 Å². The molecule has 0 aliphatic heterocycles. The molecule has 2 rings (SSSR count). The maximum atomic E-state index is 4.96. The molecule has 2 heterocycles. The van der Waals surface area contributed by atoms with E-state index in [4.69, 9.17) is 4.42 Å². The number of furan rings is 1. The van der Waals surface area contributed by atoms with Gasteiger partial charge < -0.3 is 9.73 Å². The first-order valence-corrected chi connectivity index (χ1v) is 4.50. The lowest BCUT2D eigenvalue weighted by molar-refractivity contribution is 0.568. The van der Waals surface area contributed by atoms with E-state index in [2.05, 4.69) is 15.5 Å². The lowest BCUT2D eigenvalue weighted by Crippen LogP contribution is -2.00. The van der Waals surface area contributed by atoms with E-state index in [0.29, 0.717) is 0 Å². The van der Waals surface area contributed by atoms with Crippen molar-refractivity contribution >= 4 is 5.82 Å². The highest BCUT2D eigenvalue weighted by Gasteiger charge is 2.00. The van der Waals surface area contributed by atoms with Gasteiger partial charge >= 0.3 is 0 Å². The number of nitrogens with one attached hydrogen (secondary N) is 1. The minimum Gasteiger partial charge on any atom is -0.472 e. The van der Waals surface area contributed by atoms with Crippen LogP contribution in [0.1, 0.15) is 6.92 Å². The molecular weight excluding hydrogens is 178 g/mol. The summed E-state index contributed by atoms with van der Waals surface area (Å²) in [6.07, 6.45) is 3.27. The molecule has 0 unspecified atom stereocenters. The third-order valence-electron chi connectivity index (χ3n) is 1.84. The quantitative estimate of drug-likeness (QED) is 0.803. The molecule has 2 aromatic rings. The Morgan fingerprint density at radius 1 is 1.29 bits per heavy atom. The Bertz CT molecular complexity index is 380. The zero-order valence-corrected chi connectivity index (χ0v) is 7.90. The molecule has 14 heavy (non-hydrogen) atoms. The summed E-state index contributed by atoms with van der Waals surface area (Å²) < 4.78 is 4.96. The van der Waals surface area contributed by atoms with Gasteiger partial charge in [-0.1, -0.05) is 0 Å². The second-order valence-electron chi connectivity index (χ2n) is 2.85. The summed E-state index contributed by atoms with van der Waals surface area (Å²) in [6, 6.07) is 5.67. The molecule has 0 atom stereocenters. The molecular formula is C10H11N3O. The van der Waals surface area contributed by atoms with E-state index in [-0.39, 0.29) is 0 Å². The van der Waals surface area contributed by atoms with Gasteiger partial charge in [0.05, 0.1) is 18.2 Å². The third kappa shape index (κ3) is 1.74. The van der Waals surface area contributed by atoms with Gasteiger partial charge in [-0.3, -0.25) is 0 Å². The first-order chi connectivity index (χ1) is 6.90. The maximum Gasteiger partial charge on any atom is 0.148 e. The highest BCUT2D eigenvalue weighted by atomic mass is 16.3. The average Bonchev–Trinajstić information content (AvgIpc) is 2.72. The highest BCUT2D eigenvalue weighted by molar-refractivity contribution is 5.57. The van der Waals surface area contributed by atoms with E-state index in [1.165, 1.54) is 0 Å². The Hall–Kier alpha value is -1.84. The van der Waals surface area contributed by atoms with Crippen LogP contribution in [0.2, 0.25) is 0 Å². The number of rotatable bonds is 3. The van der Waals surface area contributed by atoms with Crippen LogP contribution >= 0.6 is 0 Å². The van der Waals surface area contributed by atoms with Crippen molar-refractivity contribution in [1.82, 2.24) is 10.2 Å². The number of hydrogen-bond acceptors (Lipinski definition) is 4. The van der Waals surface area contributed by atoms with Crippen molar-refractivity contribution in [2.45, 2.75) is 6.92 Å². The van der Waals surface area contributed by atoms with Crippen molar-refractivity contribution < 1.29 is 4.42 Å². The van der Waals surface area contributed by atoms with Crippen molar-refractivity contribution in [2.75, 3.05) is 11.9 Å². The van der Waals surface area contributed by atoms with E-state index in [9.17, 15) is 0 Å². The number of hydrogen-bond donors (Lipinski definition) is 1. The monoisotopic (exact) mass is 189 g/mol. The fourth-order valence-corrected chi connectivity index (χ4v) is 1.17. The molecule has 0 aliphatic rings. The molecule has 0 saturated carbocycles. The van der Waals surface area contributed by atoms with E-state index in [0.717, 1.165) is 23.6 Å². The number of nitrogens with zero attached hydrogens (tertiary/aromatic N) is 2. The summed E-state index contributed by atoms with van der Waals surface area (Å²) in [5, 5.41) is 11.2. The number of anilines is 1. The second kappa shape index (κ2) is 3.91. The first kappa shape index (κ1) is 8.74. The van der Waals surface area contributed by atoms with Gasteiger partial charge in [0.2, 0.25) is 0 Å². The average molecular weight is 189 g/mol. The van der Waals surface area contributed by atoms with Crippen molar-refractivity contribution in [3.8, 4) is 11.3 Å². The van der Waals surface area contributed by atoms with Gasteiger partial charge in [-0.25, -0.2) is 0 Å². The van der Waals surface area contributed by atoms with E-state index in [1.54, 1.807) is 12.5 Å². The van der Waals surface area contributed by atoms with Gasteiger partial charge in [0, 0.05) is 12.1 Å². The Balaban J connectivity index is 2.22. The van der Waals surface area contributed by atoms with Crippen LogP contribution in [-0.2, 0) is 0 Å². The zero-order valence-electron chi connectivity index (χ0n) is 7.90. The van der Waals surface area contributed by atoms with Crippen LogP contribution in [0, 0.1) is 0 Å². The molecule has 0 spiro atoms. The largest absolute Gasteiger partial charge is 0.472 e. The molecule has 0 amide bonds. The lowest BCUT2D eigenvalue weighted by atomic mass is 10.2. The molecule has 2 aromatic heterocycles. The van der Waals surface area contributed by atoms with Crippen LogP contribution < -0.4 is 5.32 Å². The van der Waals surface area contributed by atoms with Gasteiger partial charge in [-0.15, -0.1) is 10.2 Å². The van der Waals surface area contributed by atoms with Gasteiger partial charge in [0.25, 0.3) is 0 Å². The molecule has 0 radical (unpaired) electrons. The van der Waals surface area contributed by atoms with Gasteiger partial charge in [0.1, 0.15) is 5.82 Å². The summed E-state index contributed by atoms with van der Waals surface area (Å²) in [5.41, 5.74) is 1.76. The van der Waals surface area contributed by atoms with Crippen LogP contribution in [0.25, 0.3) is 11.3 Å². The predicted molar refractivity (Wildman–Crippen MR) is 53.9 cm³/mol.